The lowest BCUT2D eigenvalue weighted by molar-refractivity contribution is -0.149. The molecule has 0 radical (unpaired) electrons. The van der Waals surface area contributed by atoms with Crippen LogP contribution in [0.25, 0.3) is 6.08 Å². The van der Waals surface area contributed by atoms with Crippen LogP contribution in [0.1, 0.15) is 84.9 Å². The van der Waals surface area contributed by atoms with E-state index in [9.17, 15) is 24.0 Å². The molecule has 1 aromatic carbocycles. The van der Waals surface area contributed by atoms with Crippen molar-refractivity contribution >= 4 is 35.9 Å². The highest BCUT2D eigenvalue weighted by Gasteiger charge is 2.42. The molecular weight excluding hydrogens is 516 g/mol. The second kappa shape index (κ2) is 15.0. The van der Waals surface area contributed by atoms with Gasteiger partial charge in [0.2, 0.25) is 17.7 Å². The summed E-state index contributed by atoms with van der Waals surface area (Å²) >= 11 is 0. The molecule has 222 valence electrons. The van der Waals surface area contributed by atoms with E-state index in [1.54, 1.807) is 78.8 Å². The van der Waals surface area contributed by atoms with Crippen molar-refractivity contribution in [3.05, 3.63) is 42.0 Å². The van der Waals surface area contributed by atoms with Crippen molar-refractivity contribution in [2.24, 2.45) is 5.73 Å². The van der Waals surface area contributed by atoms with Gasteiger partial charge in [-0.25, -0.2) is 4.79 Å². The third kappa shape index (κ3) is 11.5. The van der Waals surface area contributed by atoms with Crippen molar-refractivity contribution in [2.45, 2.75) is 91.0 Å². The van der Waals surface area contributed by atoms with E-state index in [1.165, 1.54) is 4.90 Å². The Labute approximate surface area is 236 Å². The van der Waals surface area contributed by atoms with E-state index in [2.05, 4.69) is 17.2 Å². The number of esters is 1. The maximum atomic E-state index is 14.2. The number of primary amides is 1. The van der Waals surface area contributed by atoms with Crippen molar-refractivity contribution in [3.8, 4) is 0 Å². The van der Waals surface area contributed by atoms with Crippen molar-refractivity contribution < 1.29 is 33.4 Å². The lowest BCUT2D eigenvalue weighted by atomic mass is 9.93. The number of ether oxygens (including phenoxy) is 2. The minimum atomic E-state index is -1.22. The number of benzene rings is 1. The van der Waals surface area contributed by atoms with Crippen molar-refractivity contribution in [2.75, 3.05) is 13.2 Å². The van der Waals surface area contributed by atoms with Crippen LogP contribution in [0.15, 0.2) is 30.8 Å². The van der Waals surface area contributed by atoms with Crippen molar-refractivity contribution in [1.29, 1.82) is 0 Å². The zero-order valence-electron chi connectivity index (χ0n) is 24.7. The standard InChI is InChI=1S/C29H44N4O7/c1-9-19-12-11-13-20(18-19)24(25(36)31-17-16-23(35)39-10-2)33(28(3,4)5)26(37)21(14-15-22(30)34)32-27(38)40-29(6,7)8/h9,11-13,18,21,24H,1,10,14-17H2,2-8H3,(H2,30,34)(H,31,36)(H,32,38). The number of nitrogens with one attached hydrogen (secondary N) is 2. The van der Waals surface area contributed by atoms with Gasteiger partial charge in [0.05, 0.1) is 13.0 Å². The van der Waals surface area contributed by atoms with Crippen molar-refractivity contribution in [1.82, 2.24) is 15.5 Å². The highest BCUT2D eigenvalue weighted by molar-refractivity contribution is 5.93. The first-order valence-corrected chi connectivity index (χ1v) is 13.3. The third-order valence-electron chi connectivity index (χ3n) is 5.53. The Morgan fingerprint density at radius 3 is 2.25 bits per heavy atom. The van der Waals surface area contributed by atoms with Gasteiger partial charge in [0.15, 0.2) is 0 Å². The van der Waals surface area contributed by atoms with Gasteiger partial charge in [0.25, 0.3) is 0 Å². The molecule has 0 aromatic heterocycles. The average Bonchev–Trinajstić information content (AvgIpc) is 2.82. The first kappa shape index (κ1) is 34.1. The molecular formula is C29H44N4O7. The SMILES string of the molecule is C=Cc1cccc(C(C(=O)NCCC(=O)OCC)N(C(=O)C(CCC(N)=O)NC(=O)OC(C)(C)C)C(C)(C)C)c1. The van der Waals surface area contributed by atoms with Gasteiger partial charge in [-0.3, -0.25) is 19.2 Å². The lowest BCUT2D eigenvalue weighted by Gasteiger charge is -2.43. The highest BCUT2D eigenvalue weighted by Crippen LogP contribution is 2.31. The van der Waals surface area contributed by atoms with Gasteiger partial charge in [0.1, 0.15) is 17.7 Å². The van der Waals surface area contributed by atoms with E-state index in [-0.39, 0.29) is 32.4 Å². The van der Waals surface area contributed by atoms with Gasteiger partial charge in [-0.05, 0) is 72.1 Å². The lowest BCUT2D eigenvalue weighted by Crippen LogP contribution is -2.58. The second-order valence-corrected chi connectivity index (χ2v) is 11.2. The van der Waals surface area contributed by atoms with Crippen LogP contribution >= 0.6 is 0 Å². The van der Waals surface area contributed by atoms with Crippen LogP contribution in [0.2, 0.25) is 0 Å². The van der Waals surface area contributed by atoms with Gasteiger partial charge >= 0.3 is 12.1 Å². The van der Waals surface area contributed by atoms with E-state index < -0.39 is 53.0 Å². The molecule has 11 nitrogen and oxygen atoms in total. The summed E-state index contributed by atoms with van der Waals surface area (Å²) in [4.78, 5) is 65.3. The van der Waals surface area contributed by atoms with Crippen LogP contribution in [0.5, 0.6) is 0 Å². The van der Waals surface area contributed by atoms with Crippen LogP contribution in [-0.2, 0) is 28.7 Å². The Kier molecular flexibility index (Phi) is 12.8. The number of hydrogen-bond acceptors (Lipinski definition) is 7. The average molecular weight is 561 g/mol. The van der Waals surface area contributed by atoms with Crippen LogP contribution in [-0.4, -0.2) is 65.0 Å². The molecule has 0 fully saturated rings. The van der Waals surface area contributed by atoms with Gasteiger partial charge < -0.3 is 30.7 Å². The Balaban J connectivity index is 3.55. The Morgan fingerprint density at radius 2 is 1.73 bits per heavy atom. The van der Waals surface area contributed by atoms with Gasteiger partial charge in [-0.1, -0.05) is 30.9 Å². The number of alkyl carbamates (subject to hydrolysis) is 1. The van der Waals surface area contributed by atoms with Crippen LogP contribution in [0, 0.1) is 0 Å². The number of carbonyl (C=O) groups excluding carboxylic acids is 5. The van der Waals surface area contributed by atoms with Gasteiger partial charge in [-0.2, -0.15) is 0 Å². The van der Waals surface area contributed by atoms with Gasteiger partial charge in [-0.15, -0.1) is 0 Å². The fourth-order valence-electron chi connectivity index (χ4n) is 3.90. The number of amides is 4. The third-order valence-corrected chi connectivity index (χ3v) is 5.53. The van der Waals surface area contributed by atoms with Crippen LogP contribution in [0.4, 0.5) is 4.79 Å². The molecule has 11 heteroatoms. The van der Waals surface area contributed by atoms with Crippen LogP contribution in [0.3, 0.4) is 0 Å². The smallest absolute Gasteiger partial charge is 0.408 e. The molecule has 4 N–H and O–H groups in total. The first-order valence-electron chi connectivity index (χ1n) is 13.3. The van der Waals surface area contributed by atoms with Gasteiger partial charge in [0, 0.05) is 18.5 Å². The molecule has 2 unspecified atom stereocenters. The zero-order valence-corrected chi connectivity index (χ0v) is 24.7. The zero-order chi connectivity index (χ0) is 30.7. The van der Waals surface area contributed by atoms with Crippen LogP contribution < -0.4 is 16.4 Å². The first-order chi connectivity index (χ1) is 18.5. The molecule has 0 aliphatic rings. The number of rotatable bonds is 13. The molecule has 0 saturated heterocycles. The summed E-state index contributed by atoms with van der Waals surface area (Å²) in [6, 6.07) is 4.59. The van der Waals surface area contributed by atoms with E-state index in [0.29, 0.717) is 5.56 Å². The molecule has 0 heterocycles. The quantitative estimate of drug-likeness (QED) is 0.313. The monoisotopic (exact) mass is 560 g/mol. The predicted molar refractivity (Wildman–Crippen MR) is 152 cm³/mol. The van der Waals surface area contributed by atoms with E-state index in [0.717, 1.165) is 5.56 Å². The Bertz CT molecular complexity index is 1070. The summed E-state index contributed by atoms with van der Waals surface area (Å²) in [6.07, 6.45) is 0.413. The maximum absolute atomic E-state index is 14.2. The summed E-state index contributed by atoms with van der Waals surface area (Å²) in [7, 11) is 0. The van der Waals surface area contributed by atoms with Crippen molar-refractivity contribution in [3.63, 3.8) is 0 Å². The Hall–Kier alpha value is -3.89. The predicted octanol–water partition coefficient (Wildman–Crippen LogP) is 3.23. The maximum Gasteiger partial charge on any atom is 0.408 e. The normalized spacial score (nSPS) is 12.9. The largest absolute Gasteiger partial charge is 0.466 e. The number of carbonyl (C=O) groups is 5. The molecule has 0 bridgehead atoms. The second-order valence-electron chi connectivity index (χ2n) is 11.2. The summed E-state index contributed by atoms with van der Waals surface area (Å²) in [5.74, 6) is -2.28. The fourth-order valence-corrected chi connectivity index (χ4v) is 3.90. The summed E-state index contributed by atoms with van der Waals surface area (Å²) < 4.78 is 10.3. The summed E-state index contributed by atoms with van der Waals surface area (Å²) in [6.45, 7) is 16.0. The highest BCUT2D eigenvalue weighted by atomic mass is 16.6. The fraction of sp³-hybridized carbons (Fsp3) is 0.552. The number of nitrogens with two attached hydrogens (primary N) is 1. The topological polar surface area (TPSA) is 157 Å². The van der Waals surface area contributed by atoms with E-state index in [4.69, 9.17) is 15.2 Å². The molecule has 2 atom stereocenters. The molecule has 4 amide bonds. The number of nitrogens with zero attached hydrogens (tertiary/aromatic N) is 1. The summed E-state index contributed by atoms with van der Waals surface area (Å²) in [5.41, 5.74) is 4.78. The minimum absolute atomic E-state index is 0.0112. The Morgan fingerprint density at radius 1 is 1.07 bits per heavy atom. The molecule has 1 rings (SSSR count). The molecule has 0 aliphatic heterocycles. The molecule has 1 aromatic rings. The van der Waals surface area contributed by atoms with E-state index in [1.807, 2.05) is 0 Å². The minimum Gasteiger partial charge on any atom is -0.466 e. The summed E-state index contributed by atoms with van der Waals surface area (Å²) in [5, 5.41) is 5.28. The number of hydrogen-bond donors (Lipinski definition) is 3. The molecule has 0 aliphatic carbocycles. The molecule has 0 saturated carbocycles. The molecule has 40 heavy (non-hydrogen) atoms. The molecule has 0 spiro atoms. The van der Waals surface area contributed by atoms with E-state index >= 15 is 0 Å².